The molecule has 0 aliphatic rings. The van der Waals surface area contributed by atoms with Crippen LogP contribution >= 0.6 is 0 Å². The normalized spacial score (nSPS) is 13.1. The van der Waals surface area contributed by atoms with Crippen molar-refractivity contribution in [2.75, 3.05) is 6.61 Å². The van der Waals surface area contributed by atoms with Gasteiger partial charge in [-0.3, -0.25) is 23.9 Å². The van der Waals surface area contributed by atoms with Crippen LogP contribution in [0.1, 0.15) is 25.0 Å². The van der Waals surface area contributed by atoms with Gasteiger partial charge in [-0.1, -0.05) is 29.8 Å². The molecule has 10 nitrogen and oxygen atoms in total. The summed E-state index contributed by atoms with van der Waals surface area (Å²) in [6, 6.07) is 11.5. The SMILES string of the molecule is CC(=O)OC(COS(=O)(=O)c1ccc(C)cc1)C(Cc1ccc([N+](=O)[O-])cc1)OC(C)=O. The maximum Gasteiger partial charge on any atom is 0.303 e. The molecule has 172 valence electrons. The minimum absolute atomic E-state index is 0.00343. The Balaban J connectivity index is 2.24. The zero-order valence-corrected chi connectivity index (χ0v) is 18.5. The number of nitrogens with zero attached hydrogens (tertiary/aromatic N) is 1. The number of rotatable bonds is 10. The van der Waals surface area contributed by atoms with Gasteiger partial charge in [0.2, 0.25) is 0 Å². The largest absolute Gasteiger partial charge is 0.458 e. The van der Waals surface area contributed by atoms with E-state index in [0.717, 1.165) is 19.4 Å². The zero-order valence-electron chi connectivity index (χ0n) is 17.7. The van der Waals surface area contributed by atoms with Crippen molar-refractivity contribution in [1.82, 2.24) is 0 Å². The average Bonchev–Trinajstić information content (AvgIpc) is 2.71. The van der Waals surface area contributed by atoms with Crippen molar-refractivity contribution < 1.29 is 36.6 Å². The summed E-state index contributed by atoms with van der Waals surface area (Å²) >= 11 is 0. The highest BCUT2D eigenvalue weighted by Crippen LogP contribution is 2.19. The first-order chi connectivity index (χ1) is 15.0. The highest BCUT2D eigenvalue weighted by Gasteiger charge is 2.30. The van der Waals surface area contributed by atoms with Crippen LogP contribution in [0.15, 0.2) is 53.4 Å². The third-order valence-corrected chi connectivity index (χ3v) is 5.63. The maximum atomic E-state index is 12.5. The number of nitro groups is 1. The Morgan fingerprint density at radius 1 is 0.938 bits per heavy atom. The Morgan fingerprint density at radius 3 is 1.97 bits per heavy atom. The first kappa shape index (κ1) is 25.0. The molecule has 0 fully saturated rings. The van der Waals surface area contributed by atoms with Gasteiger partial charge in [0.05, 0.1) is 9.82 Å². The van der Waals surface area contributed by atoms with Crippen molar-refractivity contribution >= 4 is 27.7 Å². The first-order valence-corrected chi connectivity index (χ1v) is 10.9. The van der Waals surface area contributed by atoms with Gasteiger partial charge in [-0.2, -0.15) is 8.42 Å². The average molecular weight is 465 g/mol. The highest BCUT2D eigenvalue weighted by atomic mass is 32.2. The molecule has 0 aromatic heterocycles. The lowest BCUT2D eigenvalue weighted by atomic mass is 10.0. The molecule has 0 bridgehead atoms. The number of ether oxygens (including phenoxy) is 2. The van der Waals surface area contributed by atoms with Crippen molar-refractivity contribution in [3.05, 3.63) is 69.8 Å². The van der Waals surface area contributed by atoms with Crippen LogP contribution in [0.2, 0.25) is 0 Å². The number of esters is 2. The first-order valence-electron chi connectivity index (χ1n) is 9.52. The molecule has 0 heterocycles. The van der Waals surface area contributed by atoms with Crippen molar-refractivity contribution in [1.29, 1.82) is 0 Å². The van der Waals surface area contributed by atoms with Crippen LogP contribution in [-0.2, 0) is 39.8 Å². The number of hydrogen-bond donors (Lipinski definition) is 0. The smallest absolute Gasteiger partial charge is 0.303 e. The second-order valence-electron chi connectivity index (χ2n) is 6.98. The zero-order chi connectivity index (χ0) is 23.9. The van der Waals surface area contributed by atoms with Gasteiger partial charge in [0.15, 0.2) is 6.10 Å². The monoisotopic (exact) mass is 465 g/mol. The summed E-state index contributed by atoms with van der Waals surface area (Å²) in [6.07, 6.45) is -2.33. The highest BCUT2D eigenvalue weighted by molar-refractivity contribution is 7.86. The van der Waals surface area contributed by atoms with E-state index in [1.807, 2.05) is 0 Å². The third-order valence-electron chi connectivity index (χ3n) is 4.33. The molecular formula is C21H23NO9S. The molecule has 0 radical (unpaired) electrons. The Morgan fingerprint density at radius 2 is 1.47 bits per heavy atom. The molecule has 2 unspecified atom stereocenters. The molecule has 0 saturated heterocycles. The lowest BCUT2D eigenvalue weighted by molar-refractivity contribution is -0.384. The van der Waals surface area contributed by atoms with E-state index in [1.165, 1.54) is 36.4 Å². The molecule has 2 aromatic rings. The van der Waals surface area contributed by atoms with E-state index >= 15 is 0 Å². The number of benzene rings is 2. The summed E-state index contributed by atoms with van der Waals surface area (Å²) in [5.41, 5.74) is 1.28. The Bertz CT molecular complexity index is 1060. The van der Waals surface area contributed by atoms with Crippen molar-refractivity contribution in [2.24, 2.45) is 0 Å². The van der Waals surface area contributed by atoms with E-state index in [9.17, 15) is 28.1 Å². The van der Waals surface area contributed by atoms with Crippen molar-refractivity contribution in [3.63, 3.8) is 0 Å². The van der Waals surface area contributed by atoms with Crippen molar-refractivity contribution in [3.8, 4) is 0 Å². The van der Waals surface area contributed by atoms with Crippen LogP contribution < -0.4 is 0 Å². The fourth-order valence-electron chi connectivity index (χ4n) is 2.81. The van der Waals surface area contributed by atoms with E-state index in [1.54, 1.807) is 19.1 Å². The van der Waals surface area contributed by atoms with Crippen LogP contribution in [0, 0.1) is 17.0 Å². The molecule has 2 atom stereocenters. The summed E-state index contributed by atoms with van der Waals surface area (Å²) < 4.78 is 40.5. The second kappa shape index (κ2) is 10.8. The van der Waals surface area contributed by atoms with E-state index in [2.05, 4.69) is 0 Å². The summed E-state index contributed by atoms with van der Waals surface area (Å²) in [7, 11) is -4.16. The van der Waals surface area contributed by atoms with Gasteiger partial charge in [0, 0.05) is 32.4 Å². The molecule has 0 aliphatic carbocycles. The summed E-state index contributed by atoms with van der Waals surface area (Å²) in [5, 5.41) is 10.8. The Labute approximate surface area is 185 Å². The lowest BCUT2D eigenvalue weighted by Crippen LogP contribution is -2.40. The van der Waals surface area contributed by atoms with Crippen LogP contribution in [0.3, 0.4) is 0 Å². The fourth-order valence-corrected chi connectivity index (χ4v) is 3.73. The van der Waals surface area contributed by atoms with Gasteiger partial charge in [-0.15, -0.1) is 0 Å². The molecular weight excluding hydrogens is 442 g/mol. The van der Waals surface area contributed by atoms with E-state index in [-0.39, 0.29) is 17.0 Å². The van der Waals surface area contributed by atoms with Gasteiger partial charge in [-0.25, -0.2) is 0 Å². The van der Waals surface area contributed by atoms with Gasteiger partial charge in [0.1, 0.15) is 12.7 Å². The molecule has 11 heteroatoms. The summed E-state index contributed by atoms with van der Waals surface area (Å²) in [6.45, 7) is 3.48. The number of carbonyl (C=O) groups is 2. The minimum atomic E-state index is -4.16. The molecule has 2 aromatic carbocycles. The van der Waals surface area contributed by atoms with Crippen molar-refractivity contribution in [2.45, 2.75) is 44.3 Å². The molecule has 0 spiro atoms. The Kier molecular flexibility index (Phi) is 8.44. The topological polar surface area (TPSA) is 139 Å². The number of hydrogen-bond acceptors (Lipinski definition) is 9. The standard InChI is InChI=1S/C21H23NO9S/c1-14-4-10-19(11-5-14)32(27,28)29-13-21(31-16(3)24)20(30-15(2)23)12-17-6-8-18(9-7-17)22(25)26/h4-11,20-21H,12-13H2,1-3H3. The maximum absolute atomic E-state index is 12.5. The van der Waals surface area contributed by atoms with Crippen LogP contribution in [-0.4, -0.2) is 44.1 Å². The predicted octanol–water partition coefficient (Wildman–Crippen LogP) is 2.71. The lowest BCUT2D eigenvalue weighted by Gasteiger charge is -2.26. The molecule has 0 saturated carbocycles. The van der Waals surface area contributed by atoms with Crippen LogP contribution in [0.5, 0.6) is 0 Å². The van der Waals surface area contributed by atoms with E-state index < -0.39 is 45.8 Å². The number of carbonyl (C=O) groups excluding carboxylic acids is 2. The summed E-state index contributed by atoms with van der Waals surface area (Å²) in [4.78, 5) is 33.4. The second-order valence-corrected chi connectivity index (χ2v) is 8.59. The number of non-ortho nitro benzene ring substituents is 1. The molecule has 0 amide bonds. The number of aryl methyl sites for hydroxylation is 1. The van der Waals surface area contributed by atoms with Gasteiger partial charge in [0.25, 0.3) is 15.8 Å². The van der Waals surface area contributed by atoms with E-state index in [0.29, 0.717) is 5.56 Å². The fraction of sp³-hybridized carbons (Fsp3) is 0.333. The molecule has 32 heavy (non-hydrogen) atoms. The van der Waals surface area contributed by atoms with Crippen LogP contribution in [0.25, 0.3) is 0 Å². The minimum Gasteiger partial charge on any atom is -0.458 e. The molecule has 2 rings (SSSR count). The molecule has 0 aliphatic heterocycles. The van der Waals surface area contributed by atoms with E-state index in [4.69, 9.17) is 13.7 Å². The predicted molar refractivity (Wildman–Crippen MR) is 112 cm³/mol. The van der Waals surface area contributed by atoms with Gasteiger partial charge in [-0.05, 0) is 24.6 Å². The quantitative estimate of drug-likeness (QED) is 0.224. The molecule has 0 N–H and O–H groups in total. The number of nitro benzene ring substituents is 1. The van der Waals surface area contributed by atoms with Gasteiger partial charge < -0.3 is 9.47 Å². The van der Waals surface area contributed by atoms with Gasteiger partial charge >= 0.3 is 11.9 Å². The third kappa shape index (κ3) is 7.43. The van der Waals surface area contributed by atoms with Crippen LogP contribution in [0.4, 0.5) is 5.69 Å². The Hall–Kier alpha value is -3.31. The summed E-state index contributed by atoms with van der Waals surface area (Å²) in [5.74, 6) is -1.41.